The molecule has 0 spiro atoms. The normalized spacial score (nSPS) is 30.4. The van der Waals surface area contributed by atoms with Crippen molar-refractivity contribution in [2.75, 3.05) is 33.7 Å². The molecule has 3 atom stereocenters. The highest BCUT2D eigenvalue weighted by Crippen LogP contribution is 2.11. The highest BCUT2D eigenvalue weighted by atomic mass is 16.2. The third-order valence-corrected chi connectivity index (χ3v) is 3.04. The zero-order chi connectivity index (χ0) is 11.3. The summed E-state index contributed by atoms with van der Waals surface area (Å²) >= 11 is 0. The summed E-state index contributed by atoms with van der Waals surface area (Å²) in [7, 11) is 9.53. The number of quaternary nitrogens is 1. The van der Waals surface area contributed by atoms with Gasteiger partial charge in [0.25, 0.3) is 5.91 Å². The second kappa shape index (κ2) is 6.13. The topological polar surface area (TPSA) is 45.6 Å². The predicted molar refractivity (Wildman–Crippen MR) is 61.2 cm³/mol. The Bertz CT molecular complexity index is 213. The molecular formula is C10H21BN3O+. The Morgan fingerprint density at radius 1 is 1.53 bits per heavy atom. The molecule has 84 valence electrons. The van der Waals surface area contributed by atoms with Crippen LogP contribution in [0.3, 0.4) is 0 Å². The molecule has 0 saturated carbocycles. The molecular weight excluding hydrogens is 189 g/mol. The SMILES string of the molecule is [B][C@H]1C[C@@H](C(=O)NC)[NH+](CCCNC)C1. The van der Waals surface area contributed by atoms with Crippen LogP contribution in [0.4, 0.5) is 0 Å². The number of likely N-dealkylation sites (N-methyl/N-ethyl adjacent to an activating group) is 1. The molecule has 0 aromatic heterocycles. The quantitative estimate of drug-likeness (QED) is 0.361. The Kier molecular flexibility index (Phi) is 5.12. The highest BCUT2D eigenvalue weighted by Gasteiger charge is 2.37. The van der Waals surface area contributed by atoms with Crippen LogP contribution in [0, 0.1) is 0 Å². The van der Waals surface area contributed by atoms with E-state index in [-0.39, 0.29) is 17.8 Å². The van der Waals surface area contributed by atoms with Crippen molar-refractivity contribution in [2.45, 2.75) is 24.7 Å². The van der Waals surface area contributed by atoms with E-state index >= 15 is 0 Å². The Balaban J connectivity index is 2.42. The number of carbonyl (C=O) groups excluding carboxylic acids is 1. The molecule has 0 aromatic rings. The monoisotopic (exact) mass is 210 g/mol. The Labute approximate surface area is 93.2 Å². The fraction of sp³-hybridized carbons (Fsp3) is 0.900. The van der Waals surface area contributed by atoms with Gasteiger partial charge in [-0.3, -0.25) is 4.79 Å². The Hall–Kier alpha value is -0.545. The molecule has 0 aromatic carbocycles. The van der Waals surface area contributed by atoms with Gasteiger partial charge in [-0.15, -0.1) is 0 Å². The fourth-order valence-electron chi connectivity index (χ4n) is 2.27. The molecule has 4 nitrogen and oxygen atoms in total. The molecule has 1 saturated heterocycles. The minimum absolute atomic E-state index is 0.0573. The number of carbonyl (C=O) groups is 1. The second-order valence-corrected chi connectivity index (χ2v) is 4.23. The van der Waals surface area contributed by atoms with Crippen molar-refractivity contribution >= 4 is 13.8 Å². The van der Waals surface area contributed by atoms with Crippen molar-refractivity contribution in [2.24, 2.45) is 0 Å². The number of amides is 1. The van der Waals surface area contributed by atoms with Gasteiger partial charge in [-0.1, -0.05) is 0 Å². The molecule has 1 rings (SSSR count). The molecule has 0 bridgehead atoms. The van der Waals surface area contributed by atoms with Gasteiger partial charge in [-0.2, -0.15) is 0 Å². The van der Waals surface area contributed by atoms with Crippen LogP contribution in [0.5, 0.6) is 0 Å². The summed E-state index contributed by atoms with van der Waals surface area (Å²) in [6.45, 7) is 2.94. The Morgan fingerprint density at radius 3 is 2.87 bits per heavy atom. The van der Waals surface area contributed by atoms with Crippen LogP contribution in [0.1, 0.15) is 12.8 Å². The lowest BCUT2D eigenvalue weighted by molar-refractivity contribution is -0.903. The van der Waals surface area contributed by atoms with Crippen LogP contribution >= 0.6 is 0 Å². The van der Waals surface area contributed by atoms with E-state index in [0.717, 1.165) is 32.5 Å². The van der Waals surface area contributed by atoms with E-state index in [1.54, 1.807) is 7.05 Å². The lowest BCUT2D eigenvalue weighted by Gasteiger charge is -2.20. The van der Waals surface area contributed by atoms with Crippen LogP contribution in [0.15, 0.2) is 0 Å². The van der Waals surface area contributed by atoms with Gasteiger partial charge in [0, 0.05) is 26.4 Å². The minimum Gasteiger partial charge on any atom is -0.354 e. The standard InChI is InChI=1S/C10H20BN3O/c1-12-4-3-5-14-7-8(11)6-9(14)10(15)13-2/h8-9,12H,3-7H2,1-2H3,(H,13,15)/p+1/t8-,9-/m0/s1. The zero-order valence-electron chi connectivity index (χ0n) is 9.68. The first-order valence-electron chi connectivity index (χ1n) is 5.65. The van der Waals surface area contributed by atoms with Gasteiger partial charge in [0.05, 0.1) is 20.9 Å². The molecule has 1 amide bonds. The minimum atomic E-state index is 0.0573. The molecule has 1 aliphatic heterocycles. The lowest BCUT2D eigenvalue weighted by Crippen LogP contribution is -3.15. The number of hydrogen-bond acceptors (Lipinski definition) is 2. The van der Waals surface area contributed by atoms with E-state index in [1.807, 2.05) is 7.05 Å². The van der Waals surface area contributed by atoms with Gasteiger partial charge in [-0.25, -0.2) is 0 Å². The van der Waals surface area contributed by atoms with Crippen molar-refractivity contribution in [1.29, 1.82) is 0 Å². The van der Waals surface area contributed by atoms with E-state index in [1.165, 1.54) is 4.90 Å². The molecule has 3 N–H and O–H groups in total. The zero-order valence-corrected chi connectivity index (χ0v) is 9.68. The average Bonchev–Trinajstić information content (AvgIpc) is 2.59. The Morgan fingerprint density at radius 2 is 2.27 bits per heavy atom. The van der Waals surface area contributed by atoms with Crippen molar-refractivity contribution in [3.63, 3.8) is 0 Å². The van der Waals surface area contributed by atoms with Crippen LogP contribution in [0.2, 0.25) is 5.82 Å². The maximum atomic E-state index is 11.6. The maximum Gasteiger partial charge on any atom is 0.278 e. The number of nitrogens with one attached hydrogen (secondary N) is 3. The number of likely N-dealkylation sites (tertiary alicyclic amines) is 1. The van der Waals surface area contributed by atoms with Gasteiger partial charge in [0.1, 0.15) is 0 Å². The molecule has 1 aliphatic rings. The third-order valence-electron chi connectivity index (χ3n) is 3.04. The third kappa shape index (κ3) is 3.50. The van der Waals surface area contributed by atoms with Crippen LogP contribution < -0.4 is 15.5 Å². The van der Waals surface area contributed by atoms with Crippen LogP contribution in [0.25, 0.3) is 0 Å². The summed E-state index contributed by atoms with van der Waals surface area (Å²) in [4.78, 5) is 12.9. The molecule has 15 heavy (non-hydrogen) atoms. The molecule has 1 heterocycles. The first kappa shape index (κ1) is 12.5. The smallest absolute Gasteiger partial charge is 0.278 e. The van der Waals surface area contributed by atoms with Gasteiger partial charge < -0.3 is 15.5 Å². The van der Waals surface area contributed by atoms with Crippen molar-refractivity contribution in [1.82, 2.24) is 10.6 Å². The molecule has 5 heteroatoms. The van der Waals surface area contributed by atoms with E-state index in [4.69, 9.17) is 7.85 Å². The number of hydrogen-bond donors (Lipinski definition) is 3. The number of rotatable bonds is 5. The van der Waals surface area contributed by atoms with Gasteiger partial charge in [0.2, 0.25) is 0 Å². The van der Waals surface area contributed by atoms with E-state index in [0.29, 0.717) is 0 Å². The molecule has 2 radical (unpaired) electrons. The summed E-state index contributed by atoms with van der Waals surface area (Å²) in [5.41, 5.74) is 0. The maximum absolute atomic E-state index is 11.6. The van der Waals surface area contributed by atoms with Crippen molar-refractivity contribution in [3.05, 3.63) is 0 Å². The lowest BCUT2D eigenvalue weighted by atomic mass is 9.85. The highest BCUT2D eigenvalue weighted by molar-refractivity contribution is 6.12. The average molecular weight is 210 g/mol. The van der Waals surface area contributed by atoms with Gasteiger partial charge in [-0.05, 0) is 12.9 Å². The van der Waals surface area contributed by atoms with E-state index < -0.39 is 0 Å². The summed E-state index contributed by atoms with van der Waals surface area (Å²) in [5.74, 6) is 0.305. The first-order chi connectivity index (χ1) is 7.19. The fourth-order valence-corrected chi connectivity index (χ4v) is 2.27. The summed E-state index contributed by atoms with van der Waals surface area (Å²) < 4.78 is 0. The first-order valence-corrected chi connectivity index (χ1v) is 5.65. The van der Waals surface area contributed by atoms with Gasteiger partial charge in [0.15, 0.2) is 6.04 Å². The van der Waals surface area contributed by atoms with Crippen LogP contribution in [-0.4, -0.2) is 53.5 Å². The summed E-state index contributed by atoms with van der Waals surface area (Å²) in [5, 5.41) is 5.83. The predicted octanol–water partition coefficient (Wildman–Crippen LogP) is -2.04. The largest absolute Gasteiger partial charge is 0.354 e. The van der Waals surface area contributed by atoms with Crippen molar-refractivity contribution in [3.8, 4) is 0 Å². The molecule has 1 fully saturated rings. The van der Waals surface area contributed by atoms with Gasteiger partial charge >= 0.3 is 0 Å². The molecule has 1 unspecified atom stereocenters. The summed E-state index contributed by atoms with van der Waals surface area (Å²) in [6, 6.07) is 0.0573. The van der Waals surface area contributed by atoms with E-state index in [9.17, 15) is 4.79 Å². The van der Waals surface area contributed by atoms with Crippen molar-refractivity contribution < 1.29 is 9.69 Å². The van der Waals surface area contributed by atoms with E-state index in [2.05, 4.69) is 10.6 Å². The van der Waals surface area contributed by atoms with Crippen LogP contribution in [-0.2, 0) is 4.79 Å². The summed E-state index contributed by atoms with van der Waals surface area (Å²) in [6.07, 6.45) is 1.90. The second-order valence-electron chi connectivity index (χ2n) is 4.23. The molecule has 0 aliphatic carbocycles.